The van der Waals surface area contributed by atoms with Crippen LogP contribution in [0.3, 0.4) is 0 Å². The average Bonchev–Trinajstić information content (AvgIpc) is 3.42. The van der Waals surface area contributed by atoms with Crippen molar-refractivity contribution in [2.75, 3.05) is 13.1 Å². The molecule has 9 heteroatoms. The predicted octanol–water partition coefficient (Wildman–Crippen LogP) is 2.47. The topological polar surface area (TPSA) is 122 Å². The summed E-state index contributed by atoms with van der Waals surface area (Å²) < 4.78 is 0. The number of H-pyrrole nitrogens is 2. The maximum Gasteiger partial charge on any atom is 0.404 e. The third-order valence-electron chi connectivity index (χ3n) is 4.67. The van der Waals surface area contributed by atoms with Crippen molar-refractivity contribution in [2.45, 2.75) is 39.0 Å². The number of nitrogens with zero attached hydrogens (tertiary/aromatic N) is 3. The van der Waals surface area contributed by atoms with Gasteiger partial charge in [0.15, 0.2) is 0 Å². The highest BCUT2D eigenvalue weighted by atomic mass is 16.4. The molecule has 30 heavy (non-hydrogen) atoms. The number of amides is 1. The Kier molecular flexibility index (Phi) is 8.43. The molecule has 0 saturated carbocycles. The van der Waals surface area contributed by atoms with Gasteiger partial charge in [0.05, 0.1) is 13.1 Å². The van der Waals surface area contributed by atoms with E-state index in [9.17, 15) is 4.79 Å². The average molecular weight is 412 g/mol. The number of nitrogens with one attached hydrogen (secondary N) is 4. The van der Waals surface area contributed by atoms with Gasteiger partial charge < -0.3 is 25.7 Å². The summed E-state index contributed by atoms with van der Waals surface area (Å²) >= 11 is 0. The second-order valence-corrected chi connectivity index (χ2v) is 7.15. The second-order valence-electron chi connectivity index (χ2n) is 7.15. The Morgan fingerprint density at radius 3 is 2.07 bits per heavy atom. The highest BCUT2D eigenvalue weighted by Crippen LogP contribution is 2.12. The molecule has 160 valence electrons. The zero-order valence-electron chi connectivity index (χ0n) is 17.0. The summed E-state index contributed by atoms with van der Waals surface area (Å²) in [4.78, 5) is 27.7. The van der Waals surface area contributed by atoms with E-state index in [0.717, 1.165) is 44.1 Å². The van der Waals surface area contributed by atoms with E-state index in [0.29, 0.717) is 19.6 Å². The van der Waals surface area contributed by atoms with Crippen LogP contribution in [-0.2, 0) is 26.2 Å². The van der Waals surface area contributed by atoms with Crippen molar-refractivity contribution < 1.29 is 9.90 Å². The van der Waals surface area contributed by atoms with E-state index in [-0.39, 0.29) is 0 Å². The molecule has 1 aromatic carbocycles. The number of rotatable bonds is 13. The summed E-state index contributed by atoms with van der Waals surface area (Å²) in [6, 6.07) is 8.61. The minimum Gasteiger partial charge on any atom is -0.465 e. The predicted molar refractivity (Wildman–Crippen MR) is 114 cm³/mol. The van der Waals surface area contributed by atoms with E-state index in [1.165, 1.54) is 11.1 Å². The molecule has 0 spiro atoms. The molecule has 0 radical (unpaired) electrons. The highest BCUT2D eigenvalue weighted by molar-refractivity contribution is 5.64. The van der Waals surface area contributed by atoms with Gasteiger partial charge in [-0.25, -0.2) is 14.8 Å². The van der Waals surface area contributed by atoms with Crippen LogP contribution in [-0.4, -0.2) is 49.1 Å². The molecule has 3 aromatic rings. The molecule has 3 rings (SSSR count). The van der Waals surface area contributed by atoms with Gasteiger partial charge in [0.2, 0.25) is 0 Å². The lowest BCUT2D eigenvalue weighted by Gasteiger charge is -2.20. The van der Waals surface area contributed by atoms with Gasteiger partial charge in [-0.15, -0.1) is 0 Å². The molecular weight excluding hydrogens is 382 g/mol. The van der Waals surface area contributed by atoms with Gasteiger partial charge in [-0.1, -0.05) is 24.3 Å². The number of hydrogen-bond donors (Lipinski definition) is 5. The maximum absolute atomic E-state index is 10.4. The Bertz CT molecular complexity index is 812. The SMILES string of the molecule is O=C(O)NCCCCNCc1ccc(CN(Cc2ncc[nH]2)Cc2ncc[nH]2)cc1. The van der Waals surface area contributed by atoms with Crippen LogP contribution in [0.1, 0.15) is 35.6 Å². The standard InChI is InChI=1S/C21H29N7O2/c29-21(30)27-8-2-1-7-22-13-17-3-5-18(6-4-17)14-28(15-19-23-9-10-24-19)16-20-25-11-12-26-20/h3-6,9-12,22,27H,1-2,7-8,13-16H2,(H,23,24)(H,25,26)(H,29,30). The van der Waals surface area contributed by atoms with Crippen molar-refractivity contribution in [1.82, 2.24) is 35.5 Å². The number of aromatic nitrogens is 4. The molecule has 0 saturated heterocycles. The molecule has 0 unspecified atom stereocenters. The van der Waals surface area contributed by atoms with Crippen LogP contribution in [0.2, 0.25) is 0 Å². The molecule has 0 atom stereocenters. The van der Waals surface area contributed by atoms with Crippen molar-refractivity contribution >= 4 is 6.09 Å². The minimum absolute atomic E-state index is 0.498. The van der Waals surface area contributed by atoms with Crippen LogP contribution in [0.4, 0.5) is 4.79 Å². The Labute approximate surface area is 176 Å². The number of carbonyl (C=O) groups is 1. The summed E-state index contributed by atoms with van der Waals surface area (Å²) in [6.07, 6.45) is 8.02. The Balaban J connectivity index is 1.44. The number of hydrogen-bond acceptors (Lipinski definition) is 5. The minimum atomic E-state index is -0.963. The van der Waals surface area contributed by atoms with E-state index >= 15 is 0 Å². The molecule has 0 aliphatic heterocycles. The van der Waals surface area contributed by atoms with Gasteiger partial charge in [-0.3, -0.25) is 4.90 Å². The zero-order chi connectivity index (χ0) is 21.0. The number of benzene rings is 1. The lowest BCUT2D eigenvalue weighted by molar-refractivity contribution is 0.194. The number of carboxylic acid groups (broad SMARTS) is 1. The van der Waals surface area contributed by atoms with E-state index in [2.05, 4.69) is 59.7 Å². The molecule has 5 N–H and O–H groups in total. The third-order valence-corrected chi connectivity index (χ3v) is 4.67. The van der Waals surface area contributed by atoms with Crippen molar-refractivity contribution in [3.8, 4) is 0 Å². The fourth-order valence-electron chi connectivity index (χ4n) is 3.18. The van der Waals surface area contributed by atoms with Gasteiger partial charge in [0.25, 0.3) is 0 Å². The lowest BCUT2D eigenvalue weighted by Crippen LogP contribution is -2.24. The van der Waals surface area contributed by atoms with Crippen LogP contribution in [0.25, 0.3) is 0 Å². The molecule has 0 fully saturated rings. The third kappa shape index (κ3) is 7.69. The number of imidazole rings is 2. The maximum atomic E-state index is 10.4. The fourth-order valence-corrected chi connectivity index (χ4v) is 3.18. The van der Waals surface area contributed by atoms with Crippen LogP contribution in [0.5, 0.6) is 0 Å². The van der Waals surface area contributed by atoms with Gasteiger partial charge in [-0.2, -0.15) is 0 Å². The van der Waals surface area contributed by atoms with Crippen molar-refractivity contribution in [2.24, 2.45) is 0 Å². The van der Waals surface area contributed by atoms with Gasteiger partial charge in [0, 0.05) is 44.4 Å². The first-order valence-electron chi connectivity index (χ1n) is 10.1. The summed E-state index contributed by atoms with van der Waals surface area (Å²) in [7, 11) is 0. The Hall–Kier alpha value is -3.17. The van der Waals surface area contributed by atoms with E-state index in [1.807, 2.05) is 12.4 Å². The molecular formula is C21H29N7O2. The normalized spacial score (nSPS) is 11.1. The molecule has 0 aliphatic rings. The van der Waals surface area contributed by atoms with Crippen LogP contribution >= 0.6 is 0 Å². The first-order valence-corrected chi connectivity index (χ1v) is 10.1. The van der Waals surface area contributed by atoms with Gasteiger partial charge in [-0.05, 0) is 30.5 Å². The first-order chi connectivity index (χ1) is 14.7. The molecule has 1 amide bonds. The fraction of sp³-hybridized carbons (Fsp3) is 0.381. The summed E-state index contributed by atoms with van der Waals surface area (Å²) in [5, 5.41) is 14.3. The van der Waals surface area contributed by atoms with Crippen molar-refractivity contribution in [1.29, 1.82) is 0 Å². The van der Waals surface area contributed by atoms with Crippen molar-refractivity contribution in [3.63, 3.8) is 0 Å². The smallest absolute Gasteiger partial charge is 0.404 e. The Morgan fingerprint density at radius 1 is 0.900 bits per heavy atom. The van der Waals surface area contributed by atoms with E-state index in [1.54, 1.807) is 12.4 Å². The largest absolute Gasteiger partial charge is 0.465 e. The molecule has 2 aromatic heterocycles. The summed E-state index contributed by atoms with van der Waals surface area (Å²) in [5.41, 5.74) is 2.46. The second kappa shape index (κ2) is 11.7. The number of aromatic amines is 2. The van der Waals surface area contributed by atoms with Crippen LogP contribution in [0, 0.1) is 0 Å². The monoisotopic (exact) mass is 411 g/mol. The van der Waals surface area contributed by atoms with E-state index in [4.69, 9.17) is 5.11 Å². The lowest BCUT2D eigenvalue weighted by atomic mass is 10.1. The zero-order valence-corrected chi connectivity index (χ0v) is 17.0. The van der Waals surface area contributed by atoms with Gasteiger partial charge >= 0.3 is 6.09 Å². The summed E-state index contributed by atoms with van der Waals surface area (Å²) in [6.45, 7) is 4.39. The highest BCUT2D eigenvalue weighted by Gasteiger charge is 2.11. The van der Waals surface area contributed by atoms with Gasteiger partial charge in [0.1, 0.15) is 11.6 Å². The summed E-state index contributed by atoms with van der Waals surface area (Å²) in [5.74, 6) is 1.86. The molecule has 9 nitrogen and oxygen atoms in total. The quantitative estimate of drug-likeness (QED) is 0.276. The molecule has 2 heterocycles. The first kappa shape index (κ1) is 21.5. The molecule has 0 bridgehead atoms. The van der Waals surface area contributed by atoms with Crippen molar-refractivity contribution in [3.05, 3.63) is 71.8 Å². The van der Waals surface area contributed by atoms with Crippen LogP contribution in [0.15, 0.2) is 49.1 Å². The van der Waals surface area contributed by atoms with Crippen LogP contribution < -0.4 is 10.6 Å². The Morgan fingerprint density at radius 2 is 1.50 bits per heavy atom. The van der Waals surface area contributed by atoms with E-state index < -0.39 is 6.09 Å². The molecule has 0 aliphatic carbocycles. The number of unbranched alkanes of at least 4 members (excludes halogenated alkanes) is 1.